The van der Waals surface area contributed by atoms with Crippen LogP contribution < -0.4 is 0 Å². The zero-order chi connectivity index (χ0) is 11.9. The molecule has 0 aliphatic carbocycles. The van der Waals surface area contributed by atoms with Crippen molar-refractivity contribution in [2.45, 2.75) is 45.0 Å². The molecule has 0 N–H and O–H groups in total. The summed E-state index contributed by atoms with van der Waals surface area (Å²) in [6.07, 6.45) is -0.671. The fraction of sp³-hybridized carbons (Fsp3) is 1.00. The Labute approximate surface area is 91.7 Å². The van der Waals surface area contributed by atoms with E-state index in [1.807, 2.05) is 13.8 Å². The second-order valence-corrected chi connectivity index (χ2v) is 7.53. The molecule has 0 aromatic heterocycles. The summed E-state index contributed by atoms with van der Waals surface area (Å²) in [5, 5.41) is 0. The summed E-state index contributed by atoms with van der Waals surface area (Å²) in [4.78, 5) is 0. The van der Waals surface area contributed by atoms with E-state index in [-0.39, 0.29) is 12.5 Å². The van der Waals surface area contributed by atoms with Crippen LogP contribution in [0.1, 0.15) is 34.1 Å². The molecule has 0 unspecified atom stereocenters. The van der Waals surface area contributed by atoms with Crippen LogP contribution in [0.3, 0.4) is 0 Å². The second-order valence-electron chi connectivity index (χ2n) is 5.01. The van der Waals surface area contributed by atoms with E-state index >= 15 is 0 Å². The lowest BCUT2D eigenvalue weighted by Crippen LogP contribution is -2.47. The van der Waals surface area contributed by atoms with E-state index in [9.17, 15) is 12.8 Å². The van der Waals surface area contributed by atoms with Gasteiger partial charge >= 0.3 is 0 Å². The van der Waals surface area contributed by atoms with E-state index < -0.39 is 20.9 Å². The molecule has 1 atom stereocenters. The molecule has 1 heterocycles. The van der Waals surface area contributed by atoms with Gasteiger partial charge in [0.2, 0.25) is 10.0 Å². The molecule has 0 radical (unpaired) electrons. The fourth-order valence-corrected chi connectivity index (χ4v) is 3.50. The van der Waals surface area contributed by atoms with Crippen molar-refractivity contribution in [2.75, 3.05) is 13.1 Å². The molecule has 3 nitrogen and oxygen atoms in total. The summed E-state index contributed by atoms with van der Waals surface area (Å²) in [5.74, 6) is 0.0150. The van der Waals surface area contributed by atoms with Crippen molar-refractivity contribution in [2.24, 2.45) is 5.92 Å². The highest BCUT2D eigenvalue weighted by Gasteiger charge is 2.44. The molecule has 1 aliphatic rings. The van der Waals surface area contributed by atoms with Gasteiger partial charge in [-0.1, -0.05) is 13.8 Å². The summed E-state index contributed by atoms with van der Waals surface area (Å²) in [6.45, 7) is 7.51. The number of halogens is 1. The van der Waals surface area contributed by atoms with Gasteiger partial charge in [-0.05, 0) is 26.2 Å². The lowest BCUT2D eigenvalue weighted by atomic mass is 10.00. The first-order chi connectivity index (χ1) is 6.69. The Morgan fingerprint density at radius 3 is 2.27 bits per heavy atom. The van der Waals surface area contributed by atoms with Gasteiger partial charge in [-0.25, -0.2) is 12.8 Å². The van der Waals surface area contributed by atoms with Crippen LogP contribution in [-0.2, 0) is 10.0 Å². The maximum atomic E-state index is 13.0. The van der Waals surface area contributed by atoms with Crippen molar-refractivity contribution < 1.29 is 12.8 Å². The predicted octanol–water partition coefficient (Wildman–Crippen LogP) is 1.79. The van der Waals surface area contributed by atoms with Gasteiger partial charge in [0.25, 0.3) is 0 Å². The zero-order valence-electron chi connectivity index (χ0n) is 9.83. The van der Waals surface area contributed by atoms with Crippen LogP contribution >= 0.6 is 0 Å². The Balaban J connectivity index is 2.93. The number of alkyl halides is 1. The molecule has 0 bridgehead atoms. The first-order valence-corrected chi connectivity index (χ1v) is 6.77. The first-order valence-electron chi connectivity index (χ1n) is 5.33. The minimum absolute atomic E-state index is 0.0150. The Bertz CT molecular complexity index is 324. The topological polar surface area (TPSA) is 37.4 Å². The number of sulfonamides is 1. The van der Waals surface area contributed by atoms with Crippen molar-refractivity contribution >= 4 is 10.0 Å². The molecule has 1 rings (SSSR count). The summed E-state index contributed by atoms with van der Waals surface area (Å²) < 4.78 is 37.9. The molecule has 1 aliphatic heterocycles. The molecule has 0 aromatic carbocycles. The molecule has 0 aromatic rings. The van der Waals surface area contributed by atoms with E-state index in [4.69, 9.17) is 0 Å². The van der Waals surface area contributed by atoms with Gasteiger partial charge < -0.3 is 0 Å². The highest BCUT2D eigenvalue weighted by molar-refractivity contribution is 7.90. The SMILES string of the molecule is CC(C)C(C)(C)S(=O)(=O)N1CC[C@@H](F)C1. The summed E-state index contributed by atoms with van der Waals surface area (Å²) in [5.41, 5.74) is 0. The Kier molecular flexibility index (Phi) is 3.45. The second kappa shape index (κ2) is 4.01. The number of nitrogens with zero attached hydrogens (tertiary/aromatic N) is 1. The molecule has 0 saturated carbocycles. The van der Waals surface area contributed by atoms with Crippen molar-refractivity contribution in [3.05, 3.63) is 0 Å². The lowest BCUT2D eigenvalue weighted by Gasteiger charge is -2.33. The molecular formula is C10H20FNO2S. The molecule has 1 fully saturated rings. The van der Waals surface area contributed by atoms with Crippen molar-refractivity contribution in [1.82, 2.24) is 4.31 Å². The molecule has 0 spiro atoms. The van der Waals surface area contributed by atoms with Gasteiger partial charge in [0.1, 0.15) is 6.17 Å². The first kappa shape index (κ1) is 12.9. The number of hydrogen-bond acceptors (Lipinski definition) is 2. The molecule has 0 amide bonds. The minimum atomic E-state index is -3.38. The molecular weight excluding hydrogens is 217 g/mol. The predicted molar refractivity (Wildman–Crippen MR) is 58.9 cm³/mol. The third-order valence-electron chi connectivity index (χ3n) is 3.49. The minimum Gasteiger partial charge on any atom is -0.246 e. The van der Waals surface area contributed by atoms with E-state index in [0.29, 0.717) is 13.0 Å². The quantitative estimate of drug-likeness (QED) is 0.750. The van der Waals surface area contributed by atoms with Crippen LogP contribution in [0.4, 0.5) is 4.39 Å². The average molecular weight is 237 g/mol. The lowest BCUT2D eigenvalue weighted by molar-refractivity contribution is 0.335. The number of rotatable bonds is 3. The van der Waals surface area contributed by atoms with Gasteiger partial charge in [0.15, 0.2) is 0 Å². The van der Waals surface area contributed by atoms with E-state index in [2.05, 4.69) is 0 Å². The maximum Gasteiger partial charge on any atom is 0.219 e. The smallest absolute Gasteiger partial charge is 0.219 e. The van der Waals surface area contributed by atoms with Crippen LogP contribution in [0.15, 0.2) is 0 Å². The van der Waals surface area contributed by atoms with Crippen molar-refractivity contribution in [1.29, 1.82) is 0 Å². The van der Waals surface area contributed by atoms with E-state index in [1.54, 1.807) is 13.8 Å². The van der Waals surface area contributed by atoms with E-state index in [0.717, 1.165) is 0 Å². The van der Waals surface area contributed by atoms with Gasteiger partial charge in [-0.15, -0.1) is 0 Å². The summed E-state index contributed by atoms with van der Waals surface area (Å²) >= 11 is 0. The van der Waals surface area contributed by atoms with Crippen LogP contribution in [0.2, 0.25) is 0 Å². The largest absolute Gasteiger partial charge is 0.246 e. The van der Waals surface area contributed by atoms with Gasteiger partial charge in [-0.2, -0.15) is 4.31 Å². The molecule has 5 heteroatoms. The van der Waals surface area contributed by atoms with Gasteiger partial charge in [0, 0.05) is 13.1 Å². The Hall–Kier alpha value is -0.160. The average Bonchev–Trinajstić information content (AvgIpc) is 2.51. The van der Waals surface area contributed by atoms with Crippen molar-refractivity contribution in [3.63, 3.8) is 0 Å². The third-order valence-corrected chi connectivity index (χ3v) is 6.30. The van der Waals surface area contributed by atoms with Crippen LogP contribution in [0.25, 0.3) is 0 Å². The summed E-state index contributed by atoms with van der Waals surface area (Å²) in [6, 6.07) is 0. The third kappa shape index (κ3) is 2.18. The monoisotopic (exact) mass is 237 g/mol. The van der Waals surface area contributed by atoms with Crippen LogP contribution in [0, 0.1) is 5.92 Å². The highest BCUT2D eigenvalue weighted by atomic mass is 32.2. The van der Waals surface area contributed by atoms with Crippen LogP contribution in [0.5, 0.6) is 0 Å². The maximum absolute atomic E-state index is 13.0. The molecule has 1 saturated heterocycles. The zero-order valence-corrected chi connectivity index (χ0v) is 10.6. The van der Waals surface area contributed by atoms with Crippen molar-refractivity contribution in [3.8, 4) is 0 Å². The summed E-state index contributed by atoms with van der Waals surface area (Å²) in [7, 11) is -3.38. The normalized spacial score (nSPS) is 25.1. The van der Waals surface area contributed by atoms with E-state index in [1.165, 1.54) is 4.31 Å². The van der Waals surface area contributed by atoms with Gasteiger partial charge in [0.05, 0.1) is 4.75 Å². The Morgan fingerprint density at radius 1 is 1.40 bits per heavy atom. The fourth-order valence-electron chi connectivity index (χ4n) is 1.54. The molecule has 90 valence electrons. The highest BCUT2D eigenvalue weighted by Crippen LogP contribution is 2.31. The number of hydrogen-bond donors (Lipinski definition) is 0. The Morgan fingerprint density at radius 2 is 1.93 bits per heavy atom. The van der Waals surface area contributed by atoms with Crippen LogP contribution in [-0.4, -0.2) is 36.7 Å². The van der Waals surface area contributed by atoms with Gasteiger partial charge in [-0.3, -0.25) is 0 Å². The standard InChI is InChI=1S/C10H20FNO2S/c1-8(2)10(3,4)15(13,14)12-6-5-9(11)7-12/h8-9H,5-7H2,1-4H3/t9-/m1/s1. The molecule has 15 heavy (non-hydrogen) atoms.